The van der Waals surface area contributed by atoms with Crippen molar-refractivity contribution < 1.29 is 28.2 Å². The number of esters is 1. The van der Waals surface area contributed by atoms with Gasteiger partial charge in [-0.25, -0.2) is 9.40 Å². The lowest BCUT2D eigenvalue weighted by atomic mass is 9.97. The number of halogens is 1. The van der Waals surface area contributed by atoms with E-state index in [9.17, 15) is 14.0 Å². The van der Waals surface area contributed by atoms with E-state index < -0.39 is 0 Å². The van der Waals surface area contributed by atoms with Gasteiger partial charge in [-0.2, -0.15) is 5.10 Å². The lowest BCUT2D eigenvalue weighted by Gasteiger charge is -2.32. The first kappa shape index (κ1) is 23.3. The fourth-order valence-corrected chi connectivity index (χ4v) is 4.85. The zero-order chi connectivity index (χ0) is 24.4. The molecule has 35 heavy (non-hydrogen) atoms. The van der Waals surface area contributed by atoms with E-state index in [1.165, 1.54) is 17.1 Å². The minimum absolute atomic E-state index is 0.150. The summed E-state index contributed by atoms with van der Waals surface area (Å²) in [4.78, 5) is 27.7. The Morgan fingerprint density at radius 2 is 1.94 bits per heavy atom. The SMILES string of the molecule is CCOC(=O)[C@H]1CCCN(CC(=O)N2N=C(c3ccc(F)cc3)C[C@H]2c2ccc3c(c2)OCO3)C1. The molecule has 2 atom stereocenters. The third-order valence-corrected chi connectivity index (χ3v) is 6.61. The van der Waals surface area contributed by atoms with Crippen LogP contribution in [0.25, 0.3) is 0 Å². The van der Waals surface area contributed by atoms with Crippen molar-refractivity contribution in [2.75, 3.05) is 33.0 Å². The Kier molecular flexibility index (Phi) is 6.68. The zero-order valence-corrected chi connectivity index (χ0v) is 19.6. The summed E-state index contributed by atoms with van der Waals surface area (Å²) >= 11 is 0. The quantitative estimate of drug-likeness (QED) is 0.588. The van der Waals surface area contributed by atoms with Crippen LogP contribution in [0.3, 0.4) is 0 Å². The molecule has 0 radical (unpaired) electrons. The maximum atomic E-state index is 13.5. The number of fused-ring (bicyclic) bond motifs is 1. The van der Waals surface area contributed by atoms with Crippen LogP contribution < -0.4 is 9.47 Å². The number of nitrogens with zero attached hydrogens (tertiary/aromatic N) is 3. The number of hydrogen-bond donors (Lipinski definition) is 0. The van der Waals surface area contributed by atoms with Gasteiger partial charge in [-0.05, 0) is 61.7 Å². The zero-order valence-electron chi connectivity index (χ0n) is 19.6. The number of carbonyl (C=O) groups excluding carboxylic acids is 2. The molecule has 9 heteroatoms. The highest BCUT2D eigenvalue weighted by Crippen LogP contribution is 2.39. The number of hydrogen-bond acceptors (Lipinski definition) is 7. The molecule has 0 N–H and O–H groups in total. The fraction of sp³-hybridized carbons (Fsp3) is 0.423. The number of ether oxygens (including phenoxy) is 3. The summed E-state index contributed by atoms with van der Waals surface area (Å²) in [6.07, 6.45) is 2.08. The van der Waals surface area contributed by atoms with Crippen molar-refractivity contribution in [3.8, 4) is 11.5 Å². The van der Waals surface area contributed by atoms with E-state index in [2.05, 4.69) is 5.10 Å². The second-order valence-corrected chi connectivity index (χ2v) is 8.95. The van der Waals surface area contributed by atoms with Crippen molar-refractivity contribution >= 4 is 17.6 Å². The number of carbonyl (C=O) groups is 2. The summed E-state index contributed by atoms with van der Waals surface area (Å²) in [6, 6.07) is 11.4. The average molecular weight is 482 g/mol. The summed E-state index contributed by atoms with van der Waals surface area (Å²) in [5, 5.41) is 6.19. The number of benzene rings is 2. The Morgan fingerprint density at radius 1 is 1.14 bits per heavy atom. The molecule has 1 fully saturated rings. The molecule has 3 aliphatic rings. The van der Waals surface area contributed by atoms with Crippen molar-refractivity contribution in [1.29, 1.82) is 0 Å². The van der Waals surface area contributed by atoms with Gasteiger partial charge < -0.3 is 14.2 Å². The van der Waals surface area contributed by atoms with Crippen LogP contribution in [0.1, 0.15) is 43.4 Å². The lowest BCUT2D eigenvalue weighted by Crippen LogP contribution is -2.44. The summed E-state index contributed by atoms with van der Waals surface area (Å²) in [5.41, 5.74) is 2.36. The van der Waals surface area contributed by atoms with Gasteiger partial charge in [0.25, 0.3) is 5.91 Å². The van der Waals surface area contributed by atoms with Crippen LogP contribution in [-0.2, 0) is 14.3 Å². The van der Waals surface area contributed by atoms with Crippen LogP contribution in [0.15, 0.2) is 47.6 Å². The van der Waals surface area contributed by atoms with Crippen molar-refractivity contribution in [3.63, 3.8) is 0 Å². The van der Waals surface area contributed by atoms with Crippen LogP contribution in [0.2, 0.25) is 0 Å². The first-order valence-corrected chi connectivity index (χ1v) is 12.0. The molecule has 184 valence electrons. The van der Waals surface area contributed by atoms with E-state index in [0.29, 0.717) is 36.8 Å². The average Bonchev–Trinajstić information content (AvgIpc) is 3.52. The van der Waals surface area contributed by atoms with E-state index in [1.807, 2.05) is 23.1 Å². The first-order valence-electron chi connectivity index (χ1n) is 12.0. The number of likely N-dealkylation sites (tertiary alicyclic amines) is 1. The fourth-order valence-electron chi connectivity index (χ4n) is 4.85. The molecule has 8 nitrogen and oxygen atoms in total. The molecular weight excluding hydrogens is 453 g/mol. The standard InChI is InChI=1S/C26H28FN3O5/c1-2-33-26(32)19-4-3-11-29(14-19)15-25(31)30-22(18-7-10-23-24(12-18)35-16-34-23)13-21(28-30)17-5-8-20(27)9-6-17/h5-10,12,19,22H,2-4,11,13-16H2,1H3/t19-,22-/m0/s1. The van der Waals surface area contributed by atoms with E-state index in [4.69, 9.17) is 14.2 Å². The molecule has 3 aliphatic heterocycles. The number of rotatable bonds is 6. The Labute approximate surface area is 203 Å². The third-order valence-electron chi connectivity index (χ3n) is 6.61. The van der Waals surface area contributed by atoms with Gasteiger partial charge in [0.1, 0.15) is 5.82 Å². The van der Waals surface area contributed by atoms with Gasteiger partial charge in [-0.3, -0.25) is 14.5 Å². The van der Waals surface area contributed by atoms with Gasteiger partial charge in [0.05, 0.1) is 30.8 Å². The van der Waals surface area contributed by atoms with Crippen molar-refractivity contribution in [2.24, 2.45) is 11.0 Å². The molecule has 5 rings (SSSR count). The van der Waals surface area contributed by atoms with E-state index in [1.54, 1.807) is 19.1 Å². The maximum Gasteiger partial charge on any atom is 0.310 e. The highest BCUT2D eigenvalue weighted by molar-refractivity contribution is 6.03. The lowest BCUT2D eigenvalue weighted by molar-refractivity contribution is -0.150. The Morgan fingerprint density at radius 3 is 2.74 bits per heavy atom. The van der Waals surface area contributed by atoms with Crippen LogP contribution in [0.4, 0.5) is 4.39 Å². The molecule has 0 bridgehead atoms. The van der Waals surface area contributed by atoms with Crippen molar-refractivity contribution in [2.45, 2.75) is 32.2 Å². The minimum Gasteiger partial charge on any atom is -0.466 e. The summed E-state index contributed by atoms with van der Waals surface area (Å²) in [5.74, 6) is 0.392. The molecule has 3 heterocycles. The smallest absolute Gasteiger partial charge is 0.310 e. The molecule has 1 saturated heterocycles. The predicted molar refractivity (Wildman–Crippen MR) is 126 cm³/mol. The number of amides is 1. The second kappa shape index (κ2) is 10.0. The summed E-state index contributed by atoms with van der Waals surface area (Å²) in [7, 11) is 0. The first-order chi connectivity index (χ1) is 17.0. The largest absolute Gasteiger partial charge is 0.466 e. The Bertz CT molecular complexity index is 1140. The predicted octanol–water partition coefficient (Wildman–Crippen LogP) is 3.51. The highest BCUT2D eigenvalue weighted by Gasteiger charge is 2.36. The van der Waals surface area contributed by atoms with Crippen LogP contribution in [0, 0.1) is 11.7 Å². The van der Waals surface area contributed by atoms with E-state index in [-0.39, 0.29) is 43.0 Å². The van der Waals surface area contributed by atoms with Crippen molar-refractivity contribution in [3.05, 3.63) is 59.4 Å². The number of hydrazone groups is 1. The van der Waals surface area contributed by atoms with Crippen LogP contribution >= 0.6 is 0 Å². The topological polar surface area (TPSA) is 80.7 Å². The molecule has 0 saturated carbocycles. The molecule has 2 aromatic rings. The van der Waals surface area contributed by atoms with E-state index >= 15 is 0 Å². The Hall–Kier alpha value is -3.46. The van der Waals surface area contributed by atoms with Crippen LogP contribution in [-0.4, -0.2) is 60.5 Å². The normalized spacial score (nSPS) is 21.7. The summed E-state index contributed by atoms with van der Waals surface area (Å²) < 4.78 is 29.6. The van der Waals surface area contributed by atoms with Crippen LogP contribution in [0.5, 0.6) is 11.5 Å². The maximum absolute atomic E-state index is 13.5. The molecule has 2 aromatic carbocycles. The van der Waals surface area contributed by atoms with Gasteiger partial charge in [0, 0.05) is 13.0 Å². The monoisotopic (exact) mass is 481 g/mol. The molecule has 0 spiro atoms. The Balaban J connectivity index is 1.37. The highest BCUT2D eigenvalue weighted by atomic mass is 19.1. The number of piperidine rings is 1. The third kappa shape index (κ3) is 5.00. The molecule has 0 aromatic heterocycles. The molecule has 1 amide bonds. The molecule has 0 aliphatic carbocycles. The van der Waals surface area contributed by atoms with Gasteiger partial charge >= 0.3 is 5.97 Å². The van der Waals surface area contributed by atoms with E-state index in [0.717, 1.165) is 30.5 Å². The van der Waals surface area contributed by atoms with Gasteiger partial charge in [-0.15, -0.1) is 0 Å². The van der Waals surface area contributed by atoms with Gasteiger partial charge in [-0.1, -0.05) is 18.2 Å². The second-order valence-electron chi connectivity index (χ2n) is 8.95. The molecule has 0 unspecified atom stereocenters. The summed E-state index contributed by atoms with van der Waals surface area (Å²) in [6.45, 7) is 3.68. The minimum atomic E-state index is -0.331. The van der Waals surface area contributed by atoms with Gasteiger partial charge in [0.2, 0.25) is 6.79 Å². The van der Waals surface area contributed by atoms with Gasteiger partial charge in [0.15, 0.2) is 11.5 Å². The molecular formula is C26H28FN3O5. The van der Waals surface area contributed by atoms with Crippen molar-refractivity contribution in [1.82, 2.24) is 9.91 Å².